The van der Waals surface area contributed by atoms with Crippen LogP contribution in [0, 0.1) is 0 Å². The number of fused-ring (bicyclic) bond motifs is 1. The second-order valence-electron chi connectivity index (χ2n) is 9.59. The van der Waals surface area contributed by atoms with Crippen LogP contribution in [0.2, 0.25) is 0 Å². The zero-order valence-corrected chi connectivity index (χ0v) is 25.0. The Morgan fingerprint density at radius 1 is 1.16 bits per heavy atom. The van der Waals surface area contributed by atoms with Crippen LogP contribution in [0.15, 0.2) is 70.6 Å². The Labute approximate surface area is 252 Å². The van der Waals surface area contributed by atoms with E-state index in [1.54, 1.807) is 35.9 Å². The summed E-state index contributed by atoms with van der Waals surface area (Å²) in [7, 11) is -2.03. The van der Waals surface area contributed by atoms with E-state index in [9.17, 15) is 21.6 Å². The van der Waals surface area contributed by atoms with Crippen LogP contribution < -0.4 is 4.31 Å². The van der Waals surface area contributed by atoms with Gasteiger partial charge in [0.1, 0.15) is 15.0 Å². The molecular weight excluding hydrogens is 626 g/mol. The fourth-order valence-electron chi connectivity index (χ4n) is 4.63. The predicted octanol–water partition coefficient (Wildman–Crippen LogP) is 5.59. The van der Waals surface area contributed by atoms with Gasteiger partial charge in [-0.05, 0) is 42.6 Å². The number of anilines is 1. The first-order valence-electron chi connectivity index (χ1n) is 12.8. The summed E-state index contributed by atoms with van der Waals surface area (Å²) in [5.74, 6) is -1.47. The number of thiophene rings is 1. The van der Waals surface area contributed by atoms with Crippen LogP contribution in [-0.4, -0.2) is 70.6 Å². The van der Waals surface area contributed by atoms with Crippen molar-refractivity contribution < 1.29 is 31.5 Å². The Bertz CT molecular complexity index is 1810. The molecule has 2 N–H and O–H groups in total. The molecule has 1 unspecified atom stereocenters. The zero-order valence-electron chi connectivity index (χ0n) is 22.5. The molecule has 226 valence electrons. The van der Waals surface area contributed by atoms with Crippen LogP contribution in [0.3, 0.4) is 0 Å². The molecule has 1 aliphatic heterocycles. The lowest BCUT2D eigenvalue weighted by Gasteiger charge is -2.19. The van der Waals surface area contributed by atoms with Crippen molar-refractivity contribution in [2.45, 2.75) is 29.3 Å². The van der Waals surface area contributed by atoms with Crippen molar-refractivity contribution in [3.05, 3.63) is 77.1 Å². The van der Waals surface area contributed by atoms with Gasteiger partial charge in [-0.1, -0.05) is 18.2 Å². The number of benzene rings is 1. The third kappa shape index (κ3) is 6.87. The Hall–Kier alpha value is -3.86. The van der Waals surface area contributed by atoms with Crippen molar-refractivity contribution in [3.8, 4) is 10.7 Å². The molecule has 5 heterocycles. The number of halogens is 3. The summed E-state index contributed by atoms with van der Waals surface area (Å²) in [6.45, 7) is 2.79. The molecule has 0 amide bonds. The van der Waals surface area contributed by atoms with E-state index in [0.717, 1.165) is 53.5 Å². The van der Waals surface area contributed by atoms with Gasteiger partial charge in [0, 0.05) is 54.9 Å². The Balaban J connectivity index is 0.000000472. The standard InChI is InChI=1S/C25H24N6O2S3.C2HF3O2/c1-30(36(32,33)22-7-3-12-34-22)21-6-2-5-17-13-20(29-23(17)21)25-28-14-19(35-25)16-31-11-8-18(15-31)24-26-9-4-10-27-24;3-2(4,5)1(6)7/h2-7,9-10,12-14,18,29H,8,11,15-16H2,1H3;(H,6,7). The number of aromatic amines is 1. The van der Waals surface area contributed by atoms with E-state index in [0.29, 0.717) is 15.8 Å². The summed E-state index contributed by atoms with van der Waals surface area (Å²) in [5.41, 5.74) is 2.26. The quantitative estimate of drug-likeness (QED) is 0.233. The number of hydrogen-bond donors (Lipinski definition) is 2. The van der Waals surface area contributed by atoms with E-state index < -0.39 is 22.2 Å². The summed E-state index contributed by atoms with van der Waals surface area (Å²) >= 11 is 2.87. The van der Waals surface area contributed by atoms with Crippen LogP contribution in [0.5, 0.6) is 0 Å². The fraction of sp³-hybridized carbons (Fsp3) is 0.259. The van der Waals surface area contributed by atoms with Gasteiger partial charge in [0.25, 0.3) is 10.0 Å². The molecule has 1 aliphatic rings. The first kappa shape index (κ1) is 30.6. The number of para-hydroxylation sites is 1. The Kier molecular flexibility index (Phi) is 8.82. The predicted molar refractivity (Wildman–Crippen MR) is 158 cm³/mol. The number of likely N-dealkylation sites (tertiary alicyclic amines) is 1. The van der Waals surface area contributed by atoms with Crippen molar-refractivity contribution in [1.82, 2.24) is 24.8 Å². The fourth-order valence-corrected chi connectivity index (χ4v) is 7.92. The molecule has 0 saturated carbocycles. The maximum atomic E-state index is 13.1. The van der Waals surface area contributed by atoms with Gasteiger partial charge in [-0.25, -0.2) is 28.2 Å². The highest BCUT2D eigenvalue weighted by molar-refractivity contribution is 7.94. The number of nitrogens with one attached hydrogen (secondary N) is 1. The smallest absolute Gasteiger partial charge is 0.475 e. The third-order valence-electron chi connectivity index (χ3n) is 6.71. The first-order valence-corrected chi connectivity index (χ1v) is 16.0. The van der Waals surface area contributed by atoms with Crippen LogP contribution in [-0.2, 0) is 21.4 Å². The van der Waals surface area contributed by atoms with E-state index >= 15 is 0 Å². The summed E-state index contributed by atoms with van der Waals surface area (Å²) < 4.78 is 59.6. The van der Waals surface area contributed by atoms with Crippen LogP contribution >= 0.6 is 22.7 Å². The molecule has 0 spiro atoms. The summed E-state index contributed by atoms with van der Waals surface area (Å²) in [5, 5.41) is 10.7. The molecule has 10 nitrogen and oxygen atoms in total. The maximum Gasteiger partial charge on any atom is 0.490 e. The van der Waals surface area contributed by atoms with Crippen LogP contribution in [0.25, 0.3) is 21.6 Å². The van der Waals surface area contributed by atoms with Crippen molar-refractivity contribution >= 4 is 55.3 Å². The highest BCUT2D eigenvalue weighted by Crippen LogP contribution is 2.35. The number of hydrogen-bond acceptors (Lipinski definition) is 9. The number of carboxylic acid groups (broad SMARTS) is 1. The molecule has 0 bridgehead atoms. The average Bonchev–Trinajstić information content (AvgIpc) is 3.79. The molecule has 1 saturated heterocycles. The van der Waals surface area contributed by atoms with Gasteiger partial charge in [0.05, 0.1) is 16.9 Å². The number of sulfonamides is 1. The SMILES string of the molecule is CN(c1cccc2cc(-c3ncc(CN4CCC(c5ncccn5)C4)s3)[nH]c12)S(=O)(=O)c1cccs1.O=C(O)C(F)(F)F. The molecule has 6 rings (SSSR count). The monoisotopic (exact) mass is 650 g/mol. The van der Waals surface area contributed by atoms with Gasteiger partial charge in [0.2, 0.25) is 0 Å². The minimum Gasteiger partial charge on any atom is -0.475 e. The zero-order chi connectivity index (χ0) is 30.8. The molecule has 1 atom stereocenters. The van der Waals surface area contributed by atoms with Crippen molar-refractivity contribution in [3.63, 3.8) is 0 Å². The molecule has 5 aromatic rings. The lowest BCUT2D eigenvalue weighted by Crippen LogP contribution is -2.26. The van der Waals surface area contributed by atoms with E-state index in [1.807, 2.05) is 48.9 Å². The molecule has 0 aliphatic carbocycles. The molecule has 16 heteroatoms. The van der Waals surface area contributed by atoms with Crippen LogP contribution in [0.1, 0.15) is 23.0 Å². The summed E-state index contributed by atoms with van der Waals surface area (Å²) in [6.07, 6.45) is 1.53. The number of nitrogens with zero attached hydrogens (tertiary/aromatic N) is 5. The maximum absolute atomic E-state index is 13.1. The second kappa shape index (κ2) is 12.4. The topological polar surface area (TPSA) is 132 Å². The van der Waals surface area contributed by atoms with Gasteiger partial charge < -0.3 is 10.1 Å². The highest BCUT2D eigenvalue weighted by Gasteiger charge is 2.38. The number of aromatic nitrogens is 4. The van der Waals surface area contributed by atoms with Gasteiger partial charge >= 0.3 is 12.1 Å². The van der Waals surface area contributed by atoms with Crippen molar-refractivity contribution in [2.24, 2.45) is 0 Å². The third-order valence-corrected chi connectivity index (χ3v) is 10.9. The molecule has 0 radical (unpaired) electrons. The van der Waals surface area contributed by atoms with Gasteiger partial charge in [-0.15, -0.1) is 22.7 Å². The minimum atomic E-state index is -5.08. The Morgan fingerprint density at radius 2 is 1.91 bits per heavy atom. The lowest BCUT2D eigenvalue weighted by atomic mass is 10.1. The highest BCUT2D eigenvalue weighted by atomic mass is 32.2. The van der Waals surface area contributed by atoms with Crippen molar-refractivity contribution in [2.75, 3.05) is 24.4 Å². The Morgan fingerprint density at radius 3 is 2.58 bits per heavy atom. The number of rotatable bonds is 7. The van der Waals surface area contributed by atoms with Crippen LogP contribution in [0.4, 0.5) is 18.9 Å². The van der Waals surface area contributed by atoms with E-state index in [-0.39, 0.29) is 0 Å². The van der Waals surface area contributed by atoms with Gasteiger partial charge in [-0.3, -0.25) is 9.21 Å². The number of carbonyl (C=O) groups is 1. The van der Waals surface area contributed by atoms with Crippen molar-refractivity contribution in [1.29, 1.82) is 0 Å². The molecule has 1 fully saturated rings. The minimum absolute atomic E-state index is 0.321. The number of alkyl halides is 3. The van der Waals surface area contributed by atoms with E-state index in [4.69, 9.17) is 9.90 Å². The van der Waals surface area contributed by atoms with E-state index in [2.05, 4.69) is 24.8 Å². The molecular formula is C27H25F3N6O4S3. The average molecular weight is 651 g/mol. The number of H-pyrrole nitrogens is 1. The lowest BCUT2D eigenvalue weighted by molar-refractivity contribution is -0.192. The van der Waals surface area contributed by atoms with E-state index in [1.165, 1.54) is 20.5 Å². The summed E-state index contributed by atoms with van der Waals surface area (Å²) in [4.78, 5) is 29.5. The van der Waals surface area contributed by atoms with Gasteiger partial charge in [-0.2, -0.15) is 13.2 Å². The molecule has 43 heavy (non-hydrogen) atoms. The summed E-state index contributed by atoms with van der Waals surface area (Å²) in [6, 6.07) is 12.9. The second-order valence-corrected chi connectivity index (χ2v) is 13.9. The number of thiazole rings is 1. The number of aliphatic carboxylic acids is 1. The normalized spacial score (nSPS) is 15.8. The molecule has 4 aromatic heterocycles. The largest absolute Gasteiger partial charge is 0.490 e. The van der Waals surface area contributed by atoms with Gasteiger partial charge in [0.15, 0.2) is 0 Å². The number of carboxylic acids is 1. The first-order chi connectivity index (χ1) is 20.4. The molecule has 1 aromatic carbocycles.